The largest absolute Gasteiger partial charge is 0.367 e. The highest BCUT2D eigenvalue weighted by Gasteiger charge is 2.21. The summed E-state index contributed by atoms with van der Waals surface area (Å²) in [6.07, 6.45) is 0. The number of thiophene rings is 1. The lowest BCUT2D eigenvalue weighted by Crippen LogP contribution is -2.46. The summed E-state index contributed by atoms with van der Waals surface area (Å²) in [7, 11) is 0. The van der Waals surface area contributed by atoms with E-state index < -0.39 is 0 Å². The lowest BCUT2D eigenvalue weighted by atomic mass is 10.1. The number of amides is 1. The van der Waals surface area contributed by atoms with Crippen molar-refractivity contribution in [3.05, 3.63) is 88.7 Å². The average Bonchev–Trinajstić information content (AvgIpc) is 3.53. The van der Waals surface area contributed by atoms with Gasteiger partial charge in [-0.05, 0) is 29.1 Å². The van der Waals surface area contributed by atoms with Gasteiger partial charge in [0, 0.05) is 38.1 Å². The average molecular weight is 461 g/mol. The van der Waals surface area contributed by atoms with E-state index in [1.54, 1.807) is 11.3 Å². The molecule has 0 radical (unpaired) electrons. The summed E-state index contributed by atoms with van der Waals surface area (Å²) >= 11 is 3.13. The fraction of sp³-hybridized carbons (Fsp3) is 0.200. The molecule has 0 atom stereocenters. The first-order chi connectivity index (χ1) is 15.8. The van der Waals surface area contributed by atoms with Crippen molar-refractivity contribution >= 4 is 40.0 Å². The summed E-state index contributed by atoms with van der Waals surface area (Å²) in [4.78, 5) is 23.4. The molecular weight excluding hydrogens is 436 g/mol. The number of nitrogens with zero attached hydrogens (tertiary/aromatic N) is 3. The number of thiazole rings is 1. The molecule has 1 N–H and O–H groups in total. The van der Waals surface area contributed by atoms with Gasteiger partial charge < -0.3 is 10.2 Å². The van der Waals surface area contributed by atoms with Crippen molar-refractivity contribution in [3.63, 3.8) is 0 Å². The minimum Gasteiger partial charge on any atom is -0.367 e. The molecule has 1 saturated heterocycles. The molecule has 1 amide bonds. The molecule has 3 heterocycles. The third-order valence-electron chi connectivity index (χ3n) is 5.58. The van der Waals surface area contributed by atoms with Gasteiger partial charge in [0.25, 0.3) is 5.91 Å². The van der Waals surface area contributed by atoms with Gasteiger partial charge in [-0.1, -0.05) is 48.5 Å². The molecule has 32 heavy (non-hydrogen) atoms. The number of aromatic nitrogens is 1. The van der Waals surface area contributed by atoms with Crippen LogP contribution < -0.4 is 10.2 Å². The summed E-state index contributed by atoms with van der Waals surface area (Å²) in [5.74, 6) is -0.167. The highest BCUT2D eigenvalue weighted by Crippen LogP contribution is 2.30. The standard InChI is InChI=1S/C25H24N4OS2/c30-24(21-18-32-25(27-21)23-11-6-16-31-23)26-20-9-4-5-10-22(20)29-14-12-28(13-15-29)17-19-7-2-1-3-8-19/h1-11,16,18H,12-15,17H2,(H,26,30). The number of nitrogens with one attached hydrogen (secondary N) is 1. The van der Waals surface area contributed by atoms with Crippen LogP contribution in [0.2, 0.25) is 0 Å². The molecule has 0 aliphatic carbocycles. The first kappa shape index (κ1) is 20.9. The number of hydrogen-bond donors (Lipinski definition) is 1. The van der Waals surface area contributed by atoms with E-state index in [1.807, 2.05) is 41.1 Å². The highest BCUT2D eigenvalue weighted by molar-refractivity contribution is 7.20. The predicted octanol–water partition coefficient (Wildman–Crippen LogP) is 5.45. The smallest absolute Gasteiger partial charge is 0.275 e. The normalized spacial score (nSPS) is 14.4. The van der Waals surface area contributed by atoms with E-state index >= 15 is 0 Å². The quantitative estimate of drug-likeness (QED) is 0.416. The lowest BCUT2D eigenvalue weighted by molar-refractivity contribution is 0.102. The summed E-state index contributed by atoms with van der Waals surface area (Å²) in [6.45, 7) is 4.82. The highest BCUT2D eigenvalue weighted by atomic mass is 32.1. The van der Waals surface area contributed by atoms with Crippen LogP contribution in [0.3, 0.4) is 0 Å². The van der Waals surface area contributed by atoms with Crippen molar-refractivity contribution < 1.29 is 4.79 Å². The third-order valence-corrected chi connectivity index (χ3v) is 7.46. The summed E-state index contributed by atoms with van der Waals surface area (Å²) < 4.78 is 0. The van der Waals surface area contributed by atoms with Crippen LogP contribution in [0.1, 0.15) is 16.1 Å². The SMILES string of the molecule is O=C(Nc1ccccc1N1CCN(Cc2ccccc2)CC1)c1csc(-c2cccs2)n1. The van der Waals surface area contributed by atoms with Gasteiger partial charge >= 0.3 is 0 Å². The molecule has 0 saturated carbocycles. The number of para-hydroxylation sites is 2. The van der Waals surface area contributed by atoms with Gasteiger partial charge in [-0.25, -0.2) is 4.98 Å². The van der Waals surface area contributed by atoms with Crippen LogP contribution in [0.5, 0.6) is 0 Å². The van der Waals surface area contributed by atoms with Crippen molar-refractivity contribution in [1.29, 1.82) is 0 Å². The summed E-state index contributed by atoms with van der Waals surface area (Å²) in [6, 6.07) is 22.7. The number of piperazine rings is 1. The van der Waals surface area contributed by atoms with Crippen molar-refractivity contribution in [1.82, 2.24) is 9.88 Å². The van der Waals surface area contributed by atoms with Crippen molar-refractivity contribution in [3.8, 4) is 9.88 Å². The maximum atomic E-state index is 12.9. The molecule has 1 aliphatic rings. The summed E-state index contributed by atoms with van der Waals surface area (Å²) in [5.41, 5.74) is 3.70. The van der Waals surface area contributed by atoms with Gasteiger partial charge in [-0.3, -0.25) is 9.69 Å². The number of carbonyl (C=O) groups is 1. The maximum Gasteiger partial charge on any atom is 0.275 e. The second kappa shape index (κ2) is 9.65. The molecule has 7 heteroatoms. The van der Waals surface area contributed by atoms with Crippen molar-refractivity contribution in [2.45, 2.75) is 6.54 Å². The molecule has 4 aromatic rings. The van der Waals surface area contributed by atoms with Crippen LogP contribution in [0.15, 0.2) is 77.5 Å². The Morgan fingerprint density at radius 1 is 0.906 bits per heavy atom. The Morgan fingerprint density at radius 3 is 2.47 bits per heavy atom. The third kappa shape index (κ3) is 4.75. The molecule has 0 spiro atoms. The maximum absolute atomic E-state index is 12.9. The van der Waals surface area contributed by atoms with Gasteiger partial charge in [0.2, 0.25) is 0 Å². The van der Waals surface area contributed by atoms with Crippen LogP contribution in [0, 0.1) is 0 Å². The number of anilines is 2. The van der Waals surface area contributed by atoms with Gasteiger partial charge in [0.15, 0.2) is 0 Å². The van der Waals surface area contributed by atoms with Gasteiger partial charge in [-0.2, -0.15) is 0 Å². The Bertz CT molecular complexity index is 1170. The van der Waals surface area contributed by atoms with E-state index in [0.717, 1.165) is 54.0 Å². The number of benzene rings is 2. The van der Waals surface area contributed by atoms with Crippen molar-refractivity contribution in [2.75, 3.05) is 36.4 Å². The Morgan fingerprint density at radius 2 is 1.69 bits per heavy atom. The van der Waals surface area contributed by atoms with Crippen LogP contribution in [-0.4, -0.2) is 42.0 Å². The van der Waals surface area contributed by atoms with Crippen LogP contribution in [-0.2, 0) is 6.54 Å². The monoisotopic (exact) mass is 460 g/mol. The molecule has 162 valence electrons. The van der Waals surface area contributed by atoms with Crippen molar-refractivity contribution in [2.24, 2.45) is 0 Å². The fourth-order valence-electron chi connectivity index (χ4n) is 3.92. The second-order valence-electron chi connectivity index (χ2n) is 7.74. The Hall–Kier alpha value is -3.00. The Balaban J connectivity index is 1.24. The van der Waals surface area contributed by atoms with E-state index in [4.69, 9.17) is 0 Å². The molecule has 2 aromatic heterocycles. The Kier molecular flexibility index (Phi) is 6.29. The van der Waals surface area contributed by atoms with E-state index in [9.17, 15) is 4.79 Å². The number of hydrogen-bond acceptors (Lipinski definition) is 6. The molecule has 5 nitrogen and oxygen atoms in total. The van der Waals surface area contributed by atoms with Crippen LogP contribution >= 0.6 is 22.7 Å². The predicted molar refractivity (Wildman–Crippen MR) is 134 cm³/mol. The molecule has 2 aromatic carbocycles. The van der Waals surface area contributed by atoms with Crippen LogP contribution in [0.4, 0.5) is 11.4 Å². The van der Waals surface area contributed by atoms with E-state index in [1.165, 1.54) is 16.9 Å². The topological polar surface area (TPSA) is 48.5 Å². The minimum atomic E-state index is -0.167. The zero-order chi connectivity index (χ0) is 21.8. The van der Waals surface area contributed by atoms with Gasteiger partial charge in [0.1, 0.15) is 10.7 Å². The molecule has 0 unspecified atom stereocenters. The molecular formula is C25H24N4OS2. The number of carbonyl (C=O) groups excluding carboxylic acids is 1. The first-order valence-electron chi connectivity index (χ1n) is 10.7. The van der Waals surface area contributed by atoms with Gasteiger partial charge in [-0.15, -0.1) is 22.7 Å². The first-order valence-corrected chi connectivity index (χ1v) is 12.4. The number of rotatable bonds is 6. The minimum absolute atomic E-state index is 0.167. The zero-order valence-corrected chi connectivity index (χ0v) is 19.2. The molecule has 1 aliphatic heterocycles. The molecule has 5 rings (SSSR count). The fourth-order valence-corrected chi connectivity index (χ4v) is 5.54. The molecule has 1 fully saturated rings. The van der Waals surface area contributed by atoms with E-state index in [0.29, 0.717) is 5.69 Å². The second-order valence-corrected chi connectivity index (χ2v) is 9.54. The zero-order valence-electron chi connectivity index (χ0n) is 17.6. The van der Waals surface area contributed by atoms with Crippen LogP contribution in [0.25, 0.3) is 9.88 Å². The summed E-state index contributed by atoms with van der Waals surface area (Å²) in [5, 5.41) is 7.82. The lowest BCUT2D eigenvalue weighted by Gasteiger charge is -2.37. The molecule has 0 bridgehead atoms. The Labute approximate surface area is 196 Å². The van der Waals surface area contributed by atoms with E-state index in [2.05, 4.69) is 56.5 Å². The van der Waals surface area contributed by atoms with Gasteiger partial charge in [0.05, 0.1) is 16.3 Å². The van der Waals surface area contributed by atoms with E-state index in [-0.39, 0.29) is 5.91 Å².